The Kier molecular flexibility index (Phi) is 6.24. The molecule has 6 heteroatoms. The van der Waals surface area contributed by atoms with Gasteiger partial charge in [-0.3, -0.25) is 4.79 Å². The predicted molar refractivity (Wildman–Crippen MR) is 67.2 cm³/mol. The smallest absolute Gasteiger partial charge is 0.261 e. The standard InChI is InChI=1S/C13H18FNO4/c1-2-11(13(18)15-9(7-16)8-17)19-12-6-4-3-5-10(12)14/h3-6,9,11,16-17H,2,7-8H2,1H3,(H,15,18)/t11-/m0/s1. The number of aliphatic hydroxyl groups excluding tert-OH is 2. The number of nitrogens with one attached hydrogen (secondary N) is 1. The molecule has 1 aromatic carbocycles. The number of aliphatic hydroxyl groups is 2. The highest BCUT2D eigenvalue weighted by atomic mass is 19.1. The summed E-state index contributed by atoms with van der Waals surface area (Å²) < 4.78 is 18.7. The van der Waals surface area contributed by atoms with Crippen molar-refractivity contribution >= 4 is 5.91 Å². The average Bonchev–Trinajstić information content (AvgIpc) is 2.43. The Morgan fingerprint density at radius 1 is 1.37 bits per heavy atom. The monoisotopic (exact) mass is 271 g/mol. The molecule has 0 fully saturated rings. The minimum atomic E-state index is -0.877. The van der Waals surface area contributed by atoms with Crippen molar-refractivity contribution in [1.82, 2.24) is 5.32 Å². The van der Waals surface area contributed by atoms with Gasteiger partial charge in [-0.1, -0.05) is 19.1 Å². The number of para-hydroxylation sites is 1. The van der Waals surface area contributed by atoms with E-state index in [0.717, 1.165) is 0 Å². The van der Waals surface area contributed by atoms with E-state index in [1.165, 1.54) is 18.2 Å². The number of hydrogen-bond donors (Lipinski definition) is 3. The van der Waals surface area contributed by atoms with E-state index >= 15 is 0 Å². The van der Waals surface area contributed by atoms with Gasteiger partial charge < -0.3 is 20.3 Å². The van der Waals surface area contributed by atoms with Crippen LogP contribution < -0.4 is 10.1 Å². The number of carbonyl (C=O) groups excluding carboxylic acids is 1. The van der Waals surface area contributed by atoms with Crippen LogP contribution in [-0.2, 0) is 4.79 Å². The number of hydrogen-bond acceptors (Lipinski definition) is 4. The molecule has 0 unspecified atom stereocenters. The normalized spacial score (nSPS) is 12.3. The molecule has 0 saturated heterocycles. The summed E-state index contributed by atoms with van der Waals surface area (Å²) in [5.74, 6) is -1.05. The highest BCUT2D eigenvalue weighted by molar-refractivity contribution is 5.81. The second-order valence-electron chi connectivity index (χ2n) is 4.02. The van der Waals surface area contributed by atoms with Crippen LogP contribution in [-0.4, -0.2) is 41.5 Å². The fraction of sp³-hybridized carbons (Fsp3) is 0.462. The first-order valence-corrected chi connectivity index (χ1v) is 6.05. The Morgan fingerprint density at radius 3 is 2.53 bits per heavy atom. The molecule has 0 bridgehead atoms. The zero-order valence-corrected chi connectivity index (χ0v) is 10.7. The second kappa shape index (κ2) is 7.70. The van der Waals surface area contributed by atoms with E-state index in [9.17, 15) is 9.18 Å². The number of ether oxygens (including phenoxy) is 1. The number of amides is 1. The highest BCUT2D eigenvalue weighted by Crippen LogP contribution is 2.18. The van der Waals surface area contributed by atoms with E-state index < -0.39 is 23.9 Å². The first kappa shape index (κ1) is 15.4. The summed E-state index contributed by atoms with van der Waals surface area (Å²) in [6.07, 6.45) is -0.540. The Bertz CT molecular complexity index is 409. The molecule has 0 aliphatic carbocycles. The largest absolute Gasteiger partial charge is 0.478 e. The van der Waals surface area contributed by atoms with E-state index in [4.69, 9.17) is 14.9 Å². The van der Waals surface area contributed by atoms with Gasteiger partial charge in [-0.15, -0.1) is 0 Å². The van der Waals surface area contributed by atoms with Gasteiger partial charge in [0.2, 0.25) is 0 Å². The predicted octanol–water partition coefficient (Wildman–Crippen LogP) is 0.452. The fourth-order valence-electron chi connectivity index (χ4n) is 1.46. The molecule has 5 nitrogen and oxygen atoms in total. The summed E-state index contributed by atoms with van der Waals surface area (Å²) >= 11 is 0. The molecule has 0 aliphatic heterocycles. The molecule has 1 rings (SSSR count). The van der Waals surface area contributed by atoms with E-state index in [0.29, 0.717) is 6.42 Å². The Morgan fingerprint density at radius 2 is 2.00 bits per heavy atom. The quantitative estimate of drug-likeness (QED) is 0.673. The lowest BCUT2D eigenvalue weighted by atomic mass is 10.2. The van der Waals surface area contributed by atoms with Crippen molar-refractivity contribution in [3.8, 4) is 5.75 Å². The summed E-state index contributed by atoms with van der Waals surface area (Å²) in [7, 11) is 0. The first-order chi connectivity index (χ1) is 9.12. The van der Waals surface area contributed by atoms with Crippen molar-refractivity contribution < 1.29 is 24.1 Å². The maximum absolute atomic E-state index is 13.4. The van der Waals surface area contributed by atoms with Gasteiger partial charge in [0.25, 0.3) is 5.91 Å². The summed E-state index contributed by atoms with van der Waals surface area (Å²) in [5, 5.41) is 20.2. The van der Waals surface area contributed by atoms with Gasteiger partial charge in [-0.2, -0.15) is 0 Å². The third-order valence-corrected chi connectivity index (χ3v) is 2.56. The van der Waals surface area contributed by atoms with Crippen molar-refractivity contribution in [2.45, 2.75) is 25.5 Å². The molecule has 0 radical (unpaired) electrons. The zero-order chi connectivity index (χ0) is 14.3. The van der Waals surface area contributed by atoms with Crippen LogP contribution in [0.1, 0.15) is 13.3 Å². The fourth-order valence-corrected chi connectivity index (χ4v) is 1.46. The van der Waals surface area contributed by atoms with E-state index in [1.807, 2.05) is 0 Å². The van der Waals surface area contributed by atoms with Crippen LogP contribution in [0, 0.1) is 5.82 Å². The molecule has 0 heterocycles. The minimum Gasteiger partial charge on any atom is -0.478 e. The molecule has 19 heavy (non-hydrogen) atoms. The molecular weight excluding hydrogens is 253 g/mol. The van der Waals surface area contributed by atoms with Crippen molar-refractivity contribution in [3.63, 3.8) is 0 Å². The summed E-state index contributed by atoms with van der Waals surface area (Å²) in [6.45, 7) is 0.967. The number of benzene rings is 1. The molecule has 1 amide bonds. The summed E-state index contributed by atoms with van der Waals surface area (Å²) in [6, 6.07) is 5.06. The van der Waals surface area contributed by atoms with Gasteiger partial charge in [0.05, 0.1) is 19.3 Å². The third-order valence-electron chi connectivity index (χ3n) is 2.56. The van der Waals surface area contributed by atoms with Gasteiger partial charge >= 0.3 is 0 Å². The molecule has 0 aromatic heterocycles. The van der Waals surface area contributed by atoms with Crippen molar-refractivity contribution in [2.75, 3.05) is 13.2 Å². The molecule has 1 atom stereocenters. The van der Waals surface area contributed by atoms with Crippen LogP contribution in [0.4, 0.5) is 4.39 Å². The zero-order valence-electron chi connectivity index (χ0n) is 10.7. The van der Waals surface area contributed by atoms with Crippen LogP contribution in [0.5, 0.6) is 5.75 Å². The van der Waals surface area contributed by atoms with Crippen LogP contribution in [0.3, 0.4) is 0 Å². The number of carbonyl (C=O) groups is 1. The number of rotatable bonds is 7. The molecule has 0 aliphatic rings. The third kappa shape index (κ3) is 4.50. The van der Waals surface area contributed by atoms with Crippen LogP contribution in [0.2, 0.25) is 0 Å². The van der Waals surface area contributed by atoms with Gasteiger partial charge in [0.1, 0.15) is 0 Å². The van der Waals surface area contributed by atoms with Gasteiger partial charge in [-0.05, 0) is 18.6 Å². The lowest BCUT2D eigenvalue weighted by molar-refractivity contribution is -0.129. The molecule has 3 N–H and O–H groups in total. The molecule has 0 spiro atoms. The average molecular weight is 271 g/mol. The highest BCUT2D eigenvalue weighted by Gasteiger charge is 2.22. The Balaban J connectivity index is 2.68. The Labute approximate surface area is 111 Å². The first-order valence-electron chi connectivity index (χ1n) is 6.05. The van der Waals surface area contributed by atoms with Gasteiger partial charge in [0, 0.05) is 0 Å². The number of halogens is 1. The van der Waals surface area contributed by atoms with E-state index in [1.54, 1.807) is 13.0 Å². The maximum Gasteiger partial charge on any atom is 0.261 e. The van der Waals surface area contributed by atoms with Gasteiger partial charge in [-0.25, -0.2) is 4.39 Å². The molecular formula is C13H18FNO4. The SMILES string of the molecule is CC[C@H](Oc1ccccc1F)C(=O)NC(CO)CO. The van der Waals surface area contributed by atoms with Crippen molar-refractivity contribution in [3.05, 3.63) is 30.1 Å². The van der Waals surface area contributed by atoms with Crippen molar-refractivity contribution in [2.24, 2.45) is 0 Å². The van der Waals surface area contributed by atoms with E-state index in [-0.39, 0.29) is 19.0 Å². The summed E-state index contributed by atoms with van der Waals surface area (Å²) in [5.41, 5.74) is 0. The van der Waals surface area contributed by atoms with Crippen LogP contribution >= 0.6 is 0 Å². The topological polar surface area (TPSA) is 78.8 Å². The molecule has 1 aromatic rings. The lowest BCUT2D eigenvalue weighted by Crippen LogP contribution is -2.46. The lowest BCUT2D eigenvalue weighted by Gasteiger charge is -2.20. The second-order valence-corrected chi connectivity index (χ2v) is 4.02. The molecule has 106 valence electrons. The van der Waals surface area contributed by atoms with Gasteiger partial charge in [0.15, 0.2) is 17.7 Å². The Hall–Kier alpha value is -1.66. The minimum absolute atomic E-state index is 0.00551. The van der Waals surface area contributed by atoms with Crippen LogP contribution in [0.25, 0.3) is 0 Å². The molecule has 0 saturated carbocycles. The van der Waals surface area contributed by atoms with Crippen molar-refractivity contribution in [1.29, 1.82) is 0 Å². The maximum atomic E-state index is 13.4. The van der Waals surface area contributed by atoms with Crippen LogP contribution in [0.15, 0.2) is 24.3 Å². The van der Waals surface area contributed by atoms with E-state index in [2.05, 4.69) is 5.32 Å². The summed E-state index contributed by atoms with van der Waals surface area (Å²) in [4.78, 5) is 11.8.